The summed E-state index contributed by atoms with van der Waals surface area (Å²) in [7, 11) is 1.58. The molecule has 0 aliphatic rings. The van der Waals surface area contributed by atoms with Gasteiger partial charge in [-0.05, 0) is 24.6 Å². The second-order valence-electron chi connectivity index (χ2n) is 4.57. The number of aliphatic carboxylic acids is 1. The summed E-state index contributed by atoms with van der Waals surface area (Å²) in [4.78, 5) is 24.0. The number of carboxylic acids is 1. The van der Waals surface area contributed by atoms with Gasteiger partial charge in [-0.25, -0.2) is 0 Å². The number of methoxy groups -OCH3 is 1. The molecular formula is C14H20N2O4. The number of nitrogens with two attached hydrogens (primary N) is 1. The summed E-state index contributed by atoms with van der Waals surface area (Å²) in [5, 5.41) is 8.85. The average Bonchev–Trinajstić information content (AvgIpc) is 2.43. The molecule has 0 heterocycles. The van der Waals surface area contributed by atoms with E-state index < -0.39 is 12.0 Å². The predicted molar refractivity (Wildman–Crippen MR) is 74.4 cm³/mol. The number of rotatable bonds is 6. The highest BCUT2D eigenvalue weighted by molar-refractivity contribution is 5.77. The second-order valence-corrected chi connectivity index (χ2v) is 4.57. The Hall–Kier alpha value is -2.08. The normalized spacial score (nSPS) is 13.4. The van der Waals surface area contributed by atoms with E-state index in [2.05, 4.69) is 0 Å². The zero-order valence-corrected chi connectivity index (χ0v) is 11.9. The van der Waals surface area contributed by atoms with E-state index in [-0.39, 0.29) is 18.5 Å². The van der Waals surface area contributed by atoms with Crippen LogP contribution in [0, 0.1) is 0 Å². The number of hydrogen-bond donors (Lipinski definition) is 2. The lowest BCUT2D eigenvalue weighted by atomic mass is 10.1. The largest absolute Gasteiger partial charge is 0.497 e. The van der Waals surface area contributed by atoms with Crippen molar-refractivity contribution >= 4 is 11.9 Å². The van der Waals surface area contributed by atoms with Crippen molar-refractivity contribution in [1.82, 2.24) is 4.90 Å². The Labute approximate surface area is 118 Å². The molecule has 0 saturated carbocycles. The summed E-state index contributed by atoms with van der Waals surface area (Å²) < 4.78 is 5.07. The minimum Gasteiger partial charge on any atom is -0.497 e. The molecule has 0 saturated heterocycles. The van der Waals surface area contributed by atoms with Crippen molar-refractivity contribution in [3.8, 4) is 5.75 Å². The molecule has 1 aromatic carbocycles. The Kier molecular flexibility index (Phi) is 5.52. The molecule has 0 aliphatic carbocycles. The fourth-order valence-electron chi connectivity index (χ4n) is 1.91. The van der Waals surface area contributed by atoms with Crippen LogP contribution in [0.5, 0.6) is 5.75 Å². The van der Waals surface area contributed by atoms with E-state index in [0.717, 1.165) is 11.3 Å². The first-order valence-corrected chi connectivity index (χ1v) is 6.26. The number of carbonyl (C=O) groups excluding carboxylic acids is 1. The summed E-state index contributed by atoms with van der Waals surface area (Å²) in [5.41, 5.74) is 6.39. The van der Waals surface area contributed by atoms with Gasteiger partial charge in [0.15, 0.2) is 0 Å². The van der Waals surface area contributed by atoms with Gasteiger partial charge in [0.1, 0.15) is 11.8 Å². The van der Waals surface area contributed by atoms with E-state index in [4.69, 9.17) is 15.6 Å². The summed E-state index contributed by atoms with van der Waals surface area (Å²) in [6, 6.07) is 5.91. The maximum Gasteiger partial charge on any atom is 0.322 e. The van der Waals surface area contributed by atoms with Gasteiger partial charge < -0.3 is 20.5 Å². The molecule has 0 fully saturated rings. The molecule has 6 nitrogen and oxygen atoms in total. The third kappa shape index (κ3) is 3.96. The Morgan fingerprint density at radius 3 is 2.30 bits per heavy atom. The fourth-order valence-corrected chi connectivity index (χ4v) is 1.91. The van der Waals surface area contributed by atoms with E-state index in [1.807, 2.05) is 19.1 Å². The number of ether oxygens (including phenoxy) is 1. The van der Waals surface area contributed by atoms with E-state index in [9.17, 15) is 9.59 Å². The fraction of sp³-hybridized carbons (Fsp3) is 0.429. The van der Waals surface area contributed by atoms with Crippen LogP contribution in [0.3, 0.4) is 0 Å². The number of amides is 1. The van der Waals surface area contributed by atoms with Crippen LogP contribution in [-0.4, -0.2) is 41.6 Å². The zero-order chi connectivity index (χ0) is 15.3. The molecule has 110 valence electrons. The van der Waals surface area contributed by atoms with Crippen molar-refractivity contribution in [2.24, 2.45) is 5.73 Å². The van der Waals surface area contributed by atoms with Gasteiger partial charge in [-0.2, -0.15) is 0 Å². The van der Waals surface area contributed by atoms with E-state index in [0.29, 0.717) is 0 Å². The molecule has 2 atom stereocenters. The maximum atomic E-state index is 11.7. The third-order valence-corrected chi connectivity index (χ3v) is 3.18. The van der Waals surface area contributed by atoms with Gasteiger partial charge in [-0.15, -0.1) is 0 Å². The minimum atomic E-state index is -1.13. The van der Waals surface area contributed by atoms with Crippen molar-refractivity contribution in [2.75, 3.05) is 13.7 Å². The first-order valence-electron chi connectivity index (χ1n) is 6.26. The van der Waals surface area contributed by atoms with Gasteiger partial charge in [0.2, 0.25) is 5.91 Å². The number of benzene rings is 1. The van der Waals surface area contributed by atoms with Crippen LogP contribution in [0.4, 0.5) is 0 Å². The zero-order valence-electron chi connectivity index (χ0n) is 11.9. The van der Waals surface area contributed by atoms with E-state index in [1.165, 1.54) is 11.8 Å². The van der Waals surface area contributed by atoms with Crippen molar-refractivity contribution in [3.05, 3.63) is 29.8 Å². The average molecular weight is 280 g/mol. The Morgan fingerprint density at radius 1 is 1.35 bits per heavy atom. The van der Waals surface area contributed by atoms with Crippen molar-refractivity contribution < 1.29 is 19.4 Å². The van der Waals surface area contributed by atoms with Crippen LogP contribution in [0.15, 0.2) is 24.3 Å². The maximum absolute atomic E-state index is 11.7. The molecule has 0 spiro atoms. The highest BCUT2D eigenvalue weighted by Gasteiger charge is 2.23. The van der Waals surface area contributed by atoms with Crippen molar-refractivity contribution in [2.45, 2.75) is 25.9 Å². The van der Waals surface area contributed by atoms with E-state index in [1.54, 1.807) is 19.2 Å². The molecule has 0 bridgehead atoms. The Bertz CT molecular complexity index is 473. The topological polar surface area (TPSA) is 92.9 Å². The molecule has 1 aromatic rings. The predicted octanol–water partition coefficient (Wildman–Crippen LogP) is 1.02. The van der Waals surface area contributed by atoms with Gasteiger partial charge in [0, 0.05) is 13.5 Å². The number of carboxylic acid groups (broad SMARTS) is 1. The molecule has 20 heavy (non-hydrogen) atoms. The quantitative estimate of drug-likeness (QED) is 0.811. The van der Waals surface area contributed by atoms with Crippen LogP contribution < -0.4 is 10.5 Å². The highest BCUT2D eigenvalue weighted by Crippen LogP contribution is 2.23. The third-order valence-electron chi connectivity index (χ3n) is 3.18. The second kappa shape index (κ2) is 6.91. The summed E-state index contributed by atoms with van der Waals surface area (Å²) in [5.74, 6) is -0.624. The number of carbonyl (C=O) groups is 2. The van der Waals surface area contributed by atoms with Crippen molar-refractivity contribution in [1.29, 1.82) is 0 Å². The molecule has 1 amide bonds. The molecule has 0 aromatic heterocycles. The molecule has 3 N–H and O–H groups in total. The molecule has 0 aliphatic heterocycles. The van der Waals surface area contributed by atoms with Crippen LogP contribution in [-0.2, 0) is 9.59 Å². The summed E-state index contributed by atoms with van der Waals surface area (Å²) in [6.07, 6.45) is 0. The van der Waals surface area contributed by atoms with Gasteiger partial charge in [0.25, 0.3) is 0 Å². The first-order chi connectivity index (χ1) is 9.36. The SMILES string of the molecule is COc1ccc(C(C)N(CC(N)C(=O)O)C(C)=O)cc1. The minimum absolute atomic E-state index is 0.0299. The van der Waals surface area contributed by atoms with Crippen LogP contribution in [0.2, 0.25) is 0 Å². The lowest BCUT2D eigenvalue weighted by molar-refractivity contribution is -0.140. The molecular weight excluding hydrogens is 260 g/mol. The smallest absolute Gasteiger partial charge is 0.322 e. The summed E-state index contributed by atoms with van der Waals surface area (Å²) in [6.45, 7) is 3.20. The first kappa shape index (κ1) is 16.0. The van der Waals surface area contributed by atoms with Gasteiger partial charge in [-0.1, -0.05) is 12.1 Å². The summed E-state index contributed by atoms with van der Waals surface area (Å²) >= 11 is 0. The van der Waals surface area contributed by atoms with Gasteiger partial charge in [0.05, 0.1) is 13.2 Å². The number of nitrogens with zero attached hydrogens (tertiary/aromatic N) is 1. The molecule has 1 rings (SSSR count). The van der Waals surface area contributed by atoms with E-state index >= 15 is 0 Å². The van der Waals surface area contributed by atoms with Crippen LogP contribution >= 0.6 is 0 Å². The standard InChI is InChI=1S/C14H20N2O4/c1-9(11-4-6-12(20-3)7-5-11)16(10(2)17)8-13(15)14(18)19/h4-7,9,13H,8,15H2,1-3H3,(H,18,19). The van der Waals surface area contributed by atoms with Crippen molar-refractivity contribution in [3.63, 3.8) is 0 Å². The van der Waals surface area contributed by atoms with Crippen LogP contribution in [0.25, 0.3) is 0 Å². The number of hydrogen-bond acceptors (Lipinski definition) is 4. The molecule has 6 heteroatoms. The highest BCUT2D eigenvalue weighted by atomic mass is 16.5. The van der Waals surface area contributed by atoms with Gasteiger partial charge in [-0.3, -0.25) is 9.59 Å². The molecule has 2 unspecified atom stereocenters. The lowest BCUT2D eigenvalue weighted by Crippen LogP contribution is -2.45. The van der Waals surface area contributed by atoms with Gasteiger partial charge >= 0.3 is 5.97 Å². The monoisotopic (exact) mass is 280 g/mol. The van der Waals surface area contributed by atoms with Crippen LogP contribution in [0.1, 0.15) is 25.5 Å². The molecule has 0 radical (unpaired) electrons. The Morgan fingerprint density at radius 2 is 1.90 bits per heavy atom. The Balaban J connectivity index is 2.89. The lowest BCUT2D eigenvalue weighted by Gasteiger charge is -2.30.